The van der Waals surface area contributed by atoms with Crippen LogP contribution in [0.3, 0.4) is 0 Å². The van der Waals surface area contributed by atoms with Crippen LogP contribution in [0.2, 0.25) is 0 Å². The maximum absolute atomic E-state index is 15.1. The van der Waals surface area contributed by atoms with Gasteiger partial charge in [-0.15, -0.1) is 0 Å². The van der Waals surface area contributed by atoms with Crippen molar-refractivity contribution in [2.45, 2.75) is 65.2 Å². The van der Waals surface area contributed by atoms with Gasteiger partial charge in [-0.1, -0.05) is 19.9 Å². The van der Waals surface area contributed by atoms with Crippen molar-refractivity contribution in [1.82, 2.24) is 20.0 Å². The molecular weight excluding hydrogens is 453 g/mol. The van der Waals surface area contributed by atoms with E-state index in [4.69, 9.17) is 4.74 Å². The molecule has 192 valence electrons. The predicted molar refractivity (Wildman–Crippen MR) is 132 cm³/mol. The largest absolute Gasteiger partial charge is 0.459 e. The predicted octanol–water partition coefficient (Wildman–Crippen LogP) is 3.51. The molecule has 2 aliphatic heterocycles. The molecule has 10 heteroatoms. The normalized spacial score (nSPS) is 21.4. The molecule has 9 nitrogen and oxygen atoms in total. The Bertz CT molecular complexity index is 1090. The molecule has 0 radical (unpaired) electrons. The van der Waals surface area contributed by atoms with Gasteiger partial charge in [0.15, 0.2) is 5.82 Å². The van der Waals surface area contributed by atoms with Gasteiger partial charge in [-0.3, -0.25) is 29.4 Å². The van der Waals surface area contributed by atoms with E-state index in [1.807, 2.05) is 52.8 Å². The molecule has 2 saturated heterocycles. The maximum atomic E-state index is 15.1. The van der Waals surface area contributed by atoms with Gasteiger partial charge in [-0.05, 0) is 51.4 Å². The number of benzene rings is 1. The van der Waals surface area contributed by atoms with Crippen LogP contribution in [0.25, 0.3) is 10.9 Å². The van der Waals surface area contributed by atoms with Gasteiger partial charge in [0.25, 0.3) is 0 Å². The summed E-state index contributed by atoms with van der Waals surface area (Å²) in [5.74, 6) is -0.460. The Kier molecular flexibility index (Phi) is 8.15. The van der Waals surface area contributed by atoms with E-state index in [0.29, 0.717) is 18.8 Å². The fourth-order valence-electron chi connectivity index (χ4n) is 4.49. The molecule has 2 aromatic rings. The lowest BCUT2D eigenvalue weighted by Crippen LogP contribution is -2.49. The third-order valence-electron chi connectivity index (χ3n) is 5.99. The van der Waals surface area contributed by atoms with E-state index in [0.717, 1.165) is 16.5 Å². The zero-order valence-electron chi connectivity index (χ0n) is 21.4. The second-order valence-corrected chi connectivity index (χ2v) is 9.71. The third-order valence-corrected chi connectivity index (χ3v) is 5.99. The van der Waals surface area contributed by atoms with Crippen molar-refractivity contribution in [2.24, 2.45) is 7.05 Å². The summed E-state index contributed by atoms with van der Waals surface area (Å²) in [4.78, 5) is 39.1. The van der Waals surface area contributed by atoms with E-state index < -0.39 is 17.8 Å². The lowest BCUT2D eigenvalue weighted by atomic mass is 9.87. The number of urea groups is 1. The first-order valence-electron chi connectivity index (χ1n) is 12.2. The number of hydrogen-bond donors (Lipinski definition) is 1. The first kappa shape index (κ1) is 26.6. The van der Waals surface area contributed by atoms with E-state index >= 15 is 4.39 Å². The Balaban J connectivity index is 0.00000167. The number of halogens is 1. The summed E-state index contributed by atoms with van der Waals surface area (Å²) in [5, 5.41) is 7.56. The number of hydrogen-bond acceptors (Lipinski definition) is 6. The van der Waals surface area contributed by atoms with Crippen LogP contribution in [0.5, 0.6) is 0 Å². The van der Waals surface area contributed by atoms with E-state index in [2.05, 4.69) is 10.4 Å². The number of piperidine rings is 1. The number of anilines is 1. The number of amides is 3. The van der Waals surface area contributed by atoms with Crippen LogP contribution in [0.1, 0.15) is 58.9 Å². The smallest absolute Gasteiger partial charge is 0.329 e. The van der Waals surface area contributed by atoms with Crippen molar-refractivity contribution in [1.29, 1.82) is 0 Å². The Morgan fingerprint density at radius 2 is 1.94 bits per heavy atom. The molecule has 4 rings (SSSR count). The van der Waals surface area contributed by atoms with Gasteiger partial charge in [-0.2, -0.15) is 5.10 Å². The highest BCUT2D eigenvalue weighted by atomic mass is 19.1. The number of aromatic nitrogens is 2. The minimum Gasteiger partial charge on any atom is -0.459 e. The van der Waals surface area contributed by atoms with Crippen molar-refractivity contribution < 1.29 is 23.5 Å². The highest BCUT2D eigenvalue weighted by Gasteiger charge is 2.33. The quantitative estimate of drug-likeness (QED) is 0.660. The number of esters is 1. The molecule has 2 atom stereocenters. The molecular formula is C25H36FN5O4. The molecule has 2 aliphatic rings. The van der Waals surface area contributed by atoms with Gasteiger partial charge < -0.3 is 4.74 Å². The molecule has 0 bridgehead atoms. The number of carbonyl (C=O) groups is 3. The van der Waals surface area contributed by atoms with Crippen LogP contribution in [0, 0.1) is 0 Å². The monoisotopic (exact) mass is 489 g/mol. The van der Waals surface area contributed by atoms with Crippen molar-refractivity contribution in [3.8, 4) is 0 Å². The zero-order chi connectivity index (χ0) is 25.9. The minimum absolute atomic E-state index is 0.0783. The number of carbonyl (C=O) groups excluding carboxylic acids is 3. The molecule has 1 aromatic heterocycles. The van der Waals surface area contributed by atoms with Gasteiger partial charge in [0, 0.05) is 37.9 Å². The molecule has 3 heterocycles. The maximum Gasteiger partial charge on any atom is 0.329 e. The van der Waals surface area contributed by atoms with Crippen molar-refractivity contribution in [3.05, 3.63) is 23.8 Å². The van der Waals surface area contributed by atoms with Crippen molar-refractivity contribution >= 4 is 34.6 Å². The molecule has 1 N–H and O–H groups in total. The summed E-state index contributed by atoms with van der Waals surface area (Å²) in [5.41, 5.74) is 1.09. The SMILES string of the molecule is CC.Cn1nc(N2CCC(=O)NC2=O)c2ccc(C3CCN(CC(=O)OC(C)(C)C)CC3F)cc21. The second kappa shape index (κ2) is 10.7. The number of imide groups is 1. The minimum atomic E-state index is -1.12. The molecule has 3 amide bonds. The number of aryl methyl sites for hydroxylation is 1. The molecule has 0 saturated carbocycles. The number of ether oxygens (including phenoxy) is 1. The number of alkyl halides is 1. The van der Waals surface area contributed by atoms with Crippen LogP contribution in [-0.4, -0.2) is 70.5 Å². The molecule has 2 unspecified atom stereocenters. The van der Waals surface area contributed by atoms with Gasteiger partial charge in [0.1, 0.15) is 11.8 Å². The average Bonchev–Trinajstić information content (AvgIpc) is 3.09. The fraction of sp³-hybridized carbons (Fsp3) is 0.600. The Morgan fingerprint density at radius 3 is 2.57 bits per heavy atom. The molecule has 1 aromatic carbocycles. The zero-order valence-corrected chi connectivity index (χ0v) is 21.4. The van der Waals surface area contributed by atoms with Crippen LogP contribution in [0.4, 0.5) is 15.0 Å². The second-order valence-electron chi connectivity index (χ2n) is 9.71. The summed E-state index contributed by atoms with van der Waals surface area (Å²) in [6.45, 7) is 10.5. The first-order valence-corrected chi connectivity index (χ1v) is 12.2. The van der Waals surface area contributed by atoms with Gasteiger partial charge in [-0.25, -0.2) is 9.18 Å². The van der Waals surface area contributed by atoms with Crippen LogP contribution in [-0.2, 0) is 21.4 Å². The van der Waals surface area contributed by atoms with E-state index in [1.54, 1.807) is 16.6 Å². The summed E-state index contributed by atoms with van der Waals surface area (Å²) < 4.78 is 22.2. The van der Waals surface area contributed by atoms with E-state index in [-0.39, 0.29) is 43.8 Å². The number of rotatable bonds is 4. The highest BCUT2D eigenvalue weighted by Crippen LogP contribution is 2.34. The standard InChI is InChI=1S/C23H30FN5O4.C2H6/c1-23(2,3)33-20(31)13-28-9-7-15(17(24)12-28)14-5-6-16-18(11-14)27(4)26-21(16)29-10-8-19(30)25-22(29)32;1-2/h5-6,11,15,17H,7-10,12-13H2,1-4H3,(H,25,30,32);1-2H3. The molecule has 2 fully saturated rings. The summed E-state index contributed by atoms with van der Waals surface area (Å²) in [7, 11) is 1.78. The lowest BCUT2D eigenvalue weighted by Gasteiger charge is -2.34. The van der Waals surface area contributed by atoms with E-state index in [1.165, 1.54) is 4.90 Å². The molecule has 35 heavy (non-hydrogen) atoms. The molecule has 0 aliphatic carbocycles. The van der Waals surface area contributed by atoms with Gasteiger partial charge in [0.05, 0.1) is 12.1 Å². The lowest BCUT2D eigenvalue weighted by molar-refractivity contribution is -0.156. The summed E-state index contributed by atoms with van der Waals surface area (Å²) in [6.07, 6.45) is -0.324. The summed E-state index contributed by atoms with van der Waals surface area (Å²) in [6, 6.07) is 5.16. The number of nitrogens with one attached hydrogen (secondary N) is 1. The first-order chi connectivity index (χ1) is 16.5. The van der Waals surface area contributed by atoms with Crippen molar-refractivity contribution in [2.75, 3.05) is 31.1 Å². The number of fused-ring (bicyclic) bond motifs is 1. The van der Waals surface area contributed by atoms with Crippen LogP contribution in [0.15, 0.2) is 18.2 Å². The Hall–Kier alpha value is -3.01. The highest BCUT2D eigenvalue weighted by molar-refractivity contribution is 6.08. The topological polar surface area (TPSA) is 96.8 Å². The third kappa shape index (κ3) is 6.17. The Labute approximate surface area is 205 Å². The number of nitrogens with zero attached hydrogens (tertiary/aromatic N) is 4. The number of likely N-dealkylation sites (tertiary alicyclic amines) is 1. The van der Waals surface area contributed by atoms with Gasteiger partial charge in [0.2, 0.25) is 5.91 Å². The van der Waals surface area contributed by atoms with Gasteiger partial charge >= 0.3 is 12.0 Å². The van der Waals surface area contributed by atoms with Crippen LogP contribution < -0.4 is 10.2 Å². The van der Waals surface area contributed by atoms with Crippen LogP contribution >= 0.6 is 0 Å². The average molecular weight is 490 g/mol. The Morgan fingerprint density at radius 1 is 1.23 bits per heavy atom. The summed E-state index contributed by atoms with van der Waals surface area (Å²) >= 11 is 0. The van der Waals surface area contributed by atoms with E-state index in [9.17, 15) is 14.4 Å². The fourth-order valence-corrected chi connectivity index (χ4v) is 4.49. The van der Waals surface area contributed by atoms with Crippen molar-refractivity contribution in [3.63, 3.8) is 0 Å². The molecule has 0 spiro atoms.